The molecule has 0 saturated carbocycles. The Morgan fingerprint density at radius 3 is 1.61 bits per heavy atom. The molecule has 0 atom stereocenters. The second-order valence-corrected chi connectivity index (χ2v) is 8.71. The number of pyridine rings is 2. The van der Waals surface area contributed by atoms with Crippen molar-refractivity contribution in [3.8, 4) is 0 Å². The summed E-state index contributed by atoms with van der Waals surface area (Å²) in [7, 11) is 0. The fourth-order valence-electron chi connectivity index (χ4n) is 2.60. The number of alkyl halides is 5. The fraction of sp³-hybridized carbons (Fsp3) is 0.524. The van der Waals surface area contributed by atoms with Crippen molar-refractivity contribution in [2.45, 2.75) is 71.4 Å². The Morgan fingerprint density at radius 2 is 1.25 bits per heavy atom. The second kappa shape index (κ2) is 8.13. The quantitative estimate of drug-likeness (QED) is 0.486. The fourth-order valence-corrected chi connectivity index (χ4v) is 2.60. The van der Waals surface area contributed by atoms with Gasteiger partial charge in [0.05, 0.1) is 11.3 Å². The van der Waals surface area contributed by atoms with Gasteiger partial charge in [0.2, 0.25) is 0 Å². The Hall–Kier alpha value is -2.05. The highest BCUT2D eigenvalue weighted by atomic mass is 19.4. The van der Waals surface area contributed by atoms with Gasteiger partial charge in [-0.25, -0.2) is 8.78 Å². The van der Waals surface area contributed by atoms with Gasteiger partial charge in [0.25, 0.3) is 5.92 Å². The summed E-state index contributed by atoms with van der Waals surface area (Å²) in [5, 5.41) is 0. The predicted molar refractivity (Wildman–Crippen MR) is 100 cm³/mol. The molecule has 0 saturated heterocycles. The van der Waals surface area contributed by atoms with E-state index in [9.17, 15) is 22.0 Å². The smallest absolute Gasteiger partial charge is 0.264 e. The van der Waals surface area contributed by atoms with Crippen molar-refractivity contribution in [2.75, 3.05) is 0 Å². The molecule has 28 heavy (non-hydrogen) atoms. The minimum Gasteiger partial charge on any atom is -0.264 e. The number of hydrogen-bond acceptors (Lipinski definition) is 2. The van der Waals surface area contributed by atoms with E-state index in [2.05, 4.69) is 9.97 Å². The lowest BCUT2D eigenvalue weighted by molar-refractivity contribution is -0.138. The van der Waals surface area contributed by atoms with Crippen LogP contribution in [-0.2, 0) is 22.9 Å². The van der Waals surface area contributed by atoms with Crippen molar-refractivity contribution in [1.82, 2.24) is 9.97 Å². The third kappa shape index (κ3) is 6.53. The Kier molecular flexibility index (Phi) is 6.97. The van der Waals surface area contributed by atoms with Crippen LogP contribution in [0.15, 0.2) is 36.8 Å². The Labute approximate surface area is 163 Å². The first kappa shape index (κ1) is 24.0. The largest absolute Gasteiger partial charge is 0.416 e. The summed E-state index contributed by atoms with van der Waals surface area (Å²) in [6, 6.07) is 4.00. The Bertz CT molecular complexity index is 645. The molecule has 0 spiro atoms. The van der Waals surface area contributed by atoms with E-state index < -0.39 is 23.1 Å². The molecule has 0 radical (unpaired) electrons. The Morgan fingerprint density at radius 1 is 0.679 bits per heavy atom. The first-order chi connectivity index (χ1) is 12.5. The number of aromatic nitrogens is 2. The molecule has 0 amide bonds. The van der Waals surface area contributed by atoms with Gasteiger partial charge in [0.1, 0.15) is 0 Å². The third-order valence-corrected chi connectivity index (χ3v) is 3.93. The van der Waals surface area contributed by atoms with Gasteiger partial charge in [0.15, 0.2) is 0 Å². The molecule has 0 aliphatic rings. The topological polar surface area (TPSA) is 25.8 Å². The molecule has 0 fully saturated rings. The summed E-state index contributed by atoms with van der Waals surface area (Å²) in [5.74, 6) is -2.82. The lowest BCUT2D eigenvalue weighted by Gasteiger charge is -2.23. The van der Waals surface area contributed by atoms with Crippen LogP contribution in [0.2, 0.25) is 0 Å². The van der Waals surface area contributed by atoms with Crippen molar-refractivity contribution >= 4 is 0 Å². The van der Waals surface area contributed by atoms with Gasteiger partial charge in [-0.15, -0.1) is 0 Å². The van der Waals surface area contributed by atoms with Crippen molar-refractivity contribution in [1.29, 1.82) is 0 Å². The van der Waals surface area contributed by atoms with Gasteiger partial charge < -0.3 is 0 Å². The lowest BCUT2D eigenvalue weighted by Crippen LogP contribution is -2.21. The second-order valence-electron chi connectivity index (χ2n) is 8.71. The first-order valence-corrected chi connectivity index (χ1v) is 8.81. The monoisotopic (exact) mass is 402 g/mol. The molecule has 0 N–H and O–H groups in total. The molecule has 2 heterocycles. The Balaban J connectivity index is 0.000000280. The minimum absolute atomic E-state index is 0.0208. The van der Waals surface area contributed by atoms with E-state index in [4.69, 9.17) is 0 Å². The molecule has 2 nitrogen and oxygen atoms in total. The summed E-state index contributed by atoms with van der Waals surface area (Å²) in [6.07, 6.45) is -0.303. The van der Waals surface area contributed by atoms with E-state index in [1.54, 1.807) is 33.0 Å². The maximum atomic E-state index is 13.2. The van der Waals surface area contributed by atoms with E-state index >= 15 is 0 Å². The van der Waals surface area contributed by atoms with Crippen LogP contribution in [0.1, 0.15) is 70.9 Å². The molecule has 0 aliphatic carbocycles. The average Bonchev–Trinajstić information content (AvgIpc) is 2.52. The highest BCUT2D eigenvalue weighted by Crippen LogP contribution is 2.36. The average molecular weight is 402 g/mol. The van der Waals surface area contributed by atoms with Crippen molar-refractivity contribution in [2.24, 2.45) is 0 Å². The van der Waals surface area contributed by atoms with Crippen molar-refractivity contribution < 1.29 is 22.0 Å². The van der Waals surface area contributed by atoms with Crippen LogP contribution in [0.5, 0.6) is 0 Å². The number of hydrogen-bond donors (Lipinski definition) is 0. The van der Waals surface area contributed by atoms with Crippen LogP contribution < -0.4 is 0 Å². The van der Waals surface area contributed by atoms with Crippen LogP contribution in [0.3, 0.4) is 0 Å². The third-order valence-electron chi connectivity index (χ3n) is 3.93. The molecular weight excluding hydrogens is 375 g/mol. The first-order valence-electron chi connectivity index (χ1n) is 8.81. The summed E-state index contributed by atoms with van der Waals surface area (Å²) in [4.78, 5) is 7.76. The molecule has 2 aromatic rings. The lowest BCUT2D eigenvalue weighted by atomic mass is 9.85. The van der Waals surface area contributed by atoms with Crippen LogP contribution >= 0.6 is 0 Å². The molecule has 0 unspecified atom stereocenters. The number of halogens is 5. The van der Waals surface area contributed by atoms with E-state index in [0.717, 1.165) is 19.2 Å². The van der Waals surface area contributed by atoms with Gasteiger partial charge in [0, 0.05) is 36.5 Å². The van der Waals surface area contributed by atoms with Gasteiger partial charge >= 0.3 is 6.18 Å². The molecule has 2 aromatic heterocycles. The number of rotatable bonds is 1. The van der Waals surface area contributed by atoms with Crippen LogP contribution in [0.25, 0.3) is 0 Å². The van der Waals surface area contributed by atoms with Crippen LogP contribution in [0.4, 0.5) is 22.0 Å². The maximum Gasteiger partial charge on any atom is 0.416 e. The summed E-state index contributed by atoms with van der Waals surface area (Å²) in [5.41, 5.74) is -0.776. The molecule has 0 bridgehead atoms. The van der Waals surface area contributed by atoms with Gasteiger partial charge in [-0.2, -0.15) is 13.2 Å². The minimum atomic E-state index is -4.30. The predicted octanol–water partition coefficient (Wildman–Crippen LogP) is 6.89. The summed E-state index contributed by atoms with van der Waals surface area (Å²) >= 11 is 0. The maximum absolute atomic E-state index is 13.2. The van der Waals surface area contributed by atoms with Crippen LogP contribution in [0, 0.1) is 0 Å². The molecule has 156 valence electrons. The van der Waals surface area contributed by atoms with Crippen molar-refractivity contribution in [3.63, 3.8) is 0 Å². The van der Waals surface area contributed by atoms with E-state index in [-0.39, 0.29) is 16.5 Å². The highest BCUT2D eigenvalue weighted by molar-refractivity contribution is 5.32. The normalized spacial score (nSPS) is 13.0. The SMILES string of the molecule is CC(C)(C)c1cnccc1C(F)(F)F.CC(C)(C)c1ncccc1C(C)(F)F. The summed E-state index contributed by atoms with van der Waals surface area (Å²) in [6.45, 7) is 11.7. The zero-order valence-electron chi connectivity index (χ0n) is 17.2. The van der Waals surface area contributed by atoms with E-state index in [1.165, 1.54) is 12.3 Å². The van der Waals surface area contributed by atoms with Gasteiger partial charge in [-0.05, 0) is 29.2 Å². The van der Waals surface area contributed by atoms with Crippen LogP contribution in [-0.4, -0.2) is 9.97 Å². The molecular formula is C21H27F5N2. The summed E-state index contributed by atoms with van der Waals surface area (Å²) < 4.78 is 64.1. The van der Waals surface area contributed by atoms with E-state index in [1.807, 2.05) is 20.8 Å². The van der Waals surface area contributed by atoms with Crippen molar-refractivity contribution in [3.05, 3.63) is 59.2 Å². The van der Waals surface area contributed by atoms with Gasteiger partial charge in [-0.3, -0.25) is 9.97 Å². The zero-order chi connectivity index (χ0) is 22.0. The highest BCUT2D eigenvalue weighted by Gasteiger charge is 2.36. The molecule has 0 aromatic carbocycles. The van der Waals surface area contributed by atoms with E-state index in [0.29, 0.717) is 5.69 Å². The van der Waals surface area contributed by atoms with Gasteiger partial charge in [-0.1, -0.05) is 41.5 Å². The molecule has 2 rings (SSSR count). The standard InChI is InChI=1S/C11H15F2N.C10H12F3N/c1-10(2,3)9-8(11(4,12)13)6-5-7-14-9;1-9(2,3)8-6-14-5-4-7(8)10(11,12)13/h5-7H,1-4H3;4-6H,1-3H3. The molecule has 7 heteroatoms. The zero-order valence-corrected chi connectivity index (χ0v) is 17.2. The molecule has 0 aliphatic heterocycles. The number of nitrogens with zero attached hydrogens (tertiary/aromatic N) is 2.